The van der Waals surface area contributed by atoms with Gasteiger partial charge in [0.25, 0.3) is 0 Å². The Hall–Kier alpha value is -0.520. The molecule has 2 nitrogen and oxygen atoms in total. The highest BCUT2D eigenvalue weighted by atomic mass is 16.5. The summed E-state index contributed by atoms with van der Waals surface area (Å²) in [5.74, 6) is 3.31. The predicted octanol–water partition coefficient (Wildman–Crippen LogP) is 0.387. The maximum atomic E-state index is 5.27. The van der Waals surface area contributed by atoms with Gasteiger partial charge in [0.05, 0.1) is 19.3 Å². The Morgan fingerprint density at radius 3 is 2.45 bits per heavy atom. The van der Waals surface area contributed by atoms with Crippen LogP contribution in [0.3, 0.4) is 0 Å². The fourth-order valence-corrected chi connectivity index (χ4v) is 1.56. The summed E-state index contributed by atoms with van der Waals surface area (Å²) < 4.78 is 5.05. The quantitative estimate of drug-likeness (QED) is 0.576. The summed E-state index contributed by atoms with van der Waals surface area (Å²) in [4.78, 5) is 0. The first kappa shape index (κ1) is 7.15. The molecule has 1 heterocycles. The zero-order chi connectivity index (χ0) is 7.68. The van der Waals surface area contributed by atoms with E-state index in [1.54, 1.807) is 0 Å². The van der Waals surface area contributed by atoms with E-state index < -0.39 is 0 Å². The normalized spacial score (nSPS) is 37.0. The molecule has 0 aromatic rings. The molecule has 2 fully saturated rings. The van der Waals surface area contributed by atoms with Gasteiger partial charge >= 0.3 is 0 Å². The van der Waals surface area contributed by atoms with Gasteiger partial charge < -0.3 is 10.1 Å². The number of hydrogen-bond acceptors (Lipinski definition) is 2. The first-order valence-electron chi connectivity index (χ1n) is 4.18. The average molecular weight is 151 g/mol. The van der Waals surface area contributed by atoms with E-state index in [9.17, 15) is 0 Å². The number of terminal acetylenes is 1. The molecule has 0 atom stereocenters. The summed E-state index contributed by atoms with van der Waals surface area (Å²) in [6.07, 6.45) is 7.59. The van der Waals surface area contributed by atoms with Crippen LogP contribution in [0.1, 0.15) is 12.8 Å². The molecule has 11 heavy (non-hydrogen) atoms. The second-order valence-electron chi connectivity index (χ2n) is 3.43. The van der Waals surface area contributed by atoms with E-state index in [0.717, 1.165) is 26.1 Å². The van der Waals surface area contributed by atoms with Crippen molar-refractivity contribution in [2.45, 2.75) is 24.9 Å². The molecule has 1 saturated carbocycles. The van der Waals surface area contributed by atoms with Crippen molar-refractivity contribution in [1.29, 1.82) is 0 Å². The first-order valence-corrected chi connectivity index (χ1v) is 4.18. The zero-order valence-electron chi connectivity index (χ0n) is 6.55. The van der Waals surface area contributed by atoms with Crippen molar-refractivity contribution in [1.82, 2.24) is 5.32 Å². The molecular formula is C9H13NO. The Balaban J connectivity index is 1.64. The second-order valence-corrected chi connectivity index (χ2v) is 3.43. The molecule has 2 heteroatoms. The van der Waals surface area contributed by atoms with Crippen LogP contribution >= 0.6 is 0 Å². The monoisotopic (exact) mass is 151 g/mol. The Bertz CT molecular complexity index is 174. The van der Waals surface area contributed by atoms with E-state index in [4.69, 9.17) is 11.2 Å². The van der Waals surface area contributed by atoms with Crippen molar-refractivity contribution in [3.8, 4) is 12.3 Å². The van der Waals surface area contributed by atoms with Crippen molar-refractivity contribution >= 4 is 0 Å². The maximum absolute atomic E-state index is 5.27. The lowest BCUT2D eigenvalue weighted by Crippen LogP contribution is -2.54. The summed E-state index contributed by atoms with van der Waals surface area (Å²) >= 11 is 0. The van der Waals surface area contributed by atoms with Crippen molar-refractivity contribution in [2.75, 3.05) is 13.2 Å². The average Bonchev–Trinajstić information content (AvgIpc) is 1.81. The van der Waals surface area contributed by atoms with Crippen LogP contribution in [0.4, 0.5) is 0 Å². The van der Waals surface area contributed by atoms with E-state index >= 15 is 0 Å². The number of rotatable bonds is 2. The van der Waals surface area contributed by atoms with E-state index in [1.165, 1.54) is 0 Å². The number of ether oxygens (including phenoxy) is 1. The third-order valence-electron chi connectivity index (χ3n) is 2.48. The van der Waals surface area contributed by atoms with Gasteiger partial charge in [-0.1, -0.05) is 0 Å². The van der Waals surface area contributed by atoms with Crippen LogP contribution in [0.2, 0.25) is 0 Å². The molecule has 1 N–H and O–H groups in total. The van der Waals surface area contributed by atoms with E-state index in [-0.39, 0.29) is 0 Å². The molecule has 0 aromatic carbocycles. The molecule has 0 aromatic heterocycles. The molecule has 2 aliphatic rings. The third kappa shape index (κ3) is 1.40. The Kier molecular flexibility index (Phi) is 1.85. The van der Waals surface area contributed by atoms with Gasteiger partial charge in [0.1, 0.15) is 0 Å². The highest BCUT2D eigenvalue weighted by Gasteiger charge is 2.31. The lowest BCUT2D eigenvalue weighted by molar-refractivity contribution is -0.0163. The second kappa shape index (κ2) is 2.84. The van der Waals surface area contributed by atoms with Gasteiger partial charge in [0, 0.05) is 12.0 Å². The smallest absolute Gasteiger partial charge is 0.0643 e. The summed E-state index contributed by atoms with van der Waals surface area (Å²) in [7, 11) is 0. The minimum absolute atomic E-state index is 0.536. The molecule has 0 radical (unpaired) electrons. The van der Waals surface area contributed by atoms with Gasteiger partial charge in [0.2, 0.25) is 0 Å². The molecule has 0 bridgehead atoms. The predicted molar refractivity (Wildman–Crippen MR) is 43.1 cm³/mol. The molecule has 1 saturated heterocycles. The topological polar surface area (TPSA) is 21.3 Å². The molecule has 1 aliphatic heterocycles. The number of nitrogens with one attached hydrogen (secondary N) is 1. The van der Waals surface area contributed by atoms with Crippen LogP contribution in [-0.2, 0) is 4.74 Å². The lowest BCUT2D eigenvalue weighted by Gasteiger charge is -2.38. The summed E-state index contributed by atoms with van der Waals surface area (Å²) in [6.45, 7) is 1.77. The third-order valence-corrected chi connectivity index (χ3v) is 2.48. The van der Waals surface area contributed by atoms with Crippen LogP contribution in [0.5, 0.6) is 0 Å². The minimum Gasteiger partial charge on any atom is -0.378 e. The summed E-state index contributed by atoms with van der Waals surface area (Å²) in [5.41, 5.74) is 0. The molecule has 60 valence electrons. The van der Waals surface area contributed by atoms with Gasteiger partial charge in [-0.05, 0) is 12.8 Å². The molecule has 1 aliphatic carbocycles. The molecule has 0 spiro atoms. The standard InChI is InChI=1S/C9H13NO/c1-2-7-3-8(4-7)10-9-5-11-6-9/h1,7-10H,3-6H2/t7-,8-. The fraction of sp³-hybridized carbons (Fsp3) is 0.778. The van der Waals surface area contributed by atoms with Gasteiger partial charge in [-0.2, -0.15) is 0 Å². The van der Waals surface area contributed by atoms with Crippen molar-refractivity contribution in [3.63, 3.8) is 0 Å². The maximum Gasteiger partial charge on any atom is 0.0643 e. The fourth-order valence-electron chi connectivity index (χ4n) is 1.56. The molecular weight excluding hydrogens is 138 g/mol. The Morgan fingerprint density at radius 1 is 1.27 bits per heavy atom. The first-order chi connectivity index (χ1) is 5.38. The van der Waals surface area contributed by atoms with Crippen LogP contribution in [0.25, 0.3) is 0 Å². The number of hydrogen-bond donors (Lipinski definition) is 1. The summed E-state index contributed by atoms with van der Waals surface area (Å²) in [6, 6.07) is 1.28. The highest BCUT2D eigenvalue weighted by molar-refractivity contribution is 5.03. The van der Waals surface area contributed by atoms with Crippen LogP contribution in [-0.4, -0.2) is 25.3 Å². The van der Waals surface area contributed by atoms with Crippen LogP contribution in [0.15, 0.2) is 0 Å². The van der Waals surface area contributed by atoms with Crippen molar-refractivity contribution in [3.05, 3.63) is 0 Å². The molecule has 2 rings (SSSR count). The van der Waals surface area contributed by atoms with Crippen molar-refractivity contribution in [2.24, 2.45) is 5.92 Å². The van der Waals surface area contributed by atoms with E-state index in [2.05, 4.69) is 11.2 Å². The van der Waals surface area contributed by atoms with Crippen molar-refractivity contribution < 1.29 is 4.74 Å². The zero-order valence-corrected chi connectivity index (χ0v) is 6.55. The molecule has 0 amide bonds. The lowest BCUT2D eigenvalue weighted by atomic mass is 9.80. The van der Waals surface area contributed by atoms with Crippen LogP contribution < -0.4 is 5.32 Å². The van der Waals surface area contributed by atoms with Crippen LogP contribution in [0, 0.1) is 18.3 Å². The summed E-state index contributed by atoms with van der Waals surface area (Å²) in [5, 5.41) is 3.50. The Labute approximate surface area is 67.3 Å². The van der Waals surface area contributed by atoms with Gasteiger partial charge in [0.15, 0.2) is 0 Å². The minimum atomic E-state index is 0.536. The van der Waals surface area contributed by atoms with E-state index in [1.807, 2.05) is 0 Å². The Morgan fingerprint density at radius 2 is 2.00 bits per heavy atom. The van der Waals surface area contributed by atoms with Gasteiger partial charge in [-0.25, -0.2) is 0 Å². The van der Waals surface area contributed by atoms with Gasteiger partial charge in [-0.3, -0.25) is 0 Å². The highest BCUT2D eigenvalue weighted by Crippen LogP contribution is 2.27. The van der Waals surface area contributed by atoms with E-state index in [0.29, 0.717) is 18.0 Å². The SMILES string of the molecule is C#C[C@H]1C[C@H](NC2COC2)C1. The van der Waals surface area contributed by atoms with Gasteiger partial charge in [-0.15, -0.1) is 12.3 Å². The largest absolute Gasteiger partial charge is 0.378 e. The molecule has 0 unspecified atom stereocenters.